The van der Waals surface area contributed by atoms with E-state index in [1.54, 1.807) is 0 Å². The van der Waals surface area contributed by atoms with Gasteiger partial charge in [0.1, 0.15) is 5.60 Å². The molecule has 0 bridgehead atoms. The maximum Gasteiger partial charge on any atom is 0.410 e. The summed E-state index contributed by atoms with van der Waals surface area (Å²) >= 11 is 0. The van der Waals surface area contributed by atoms with Crippen molar-refractivity contribution in [3.05, 3.63) is 35.4 Å². The zero-order chi connectivity index (χ0) is 17.7. The maximum atomic E-state index is 12.2. The number of hydrogen-bond acceptors (Lipinski definition) is 3. The third-order valence-electron chi connectivity index (χ3n) is 4.43. The molecule has 0 spiro atoms. The van der Waals surface area contributed by atoms with Gasteiger partial charge in [0.05, 0.1) is 0 Å². The van der Waals surface area contributed by atoms with Crippen molar-refractivity contribution in [1.29, 1.82) is 0 Å². The van der Waals surface area contributed by atoms with Crippen molar-refractivity contribution in [3.63, 3.8) is 0 Å². The summed E-state index contributed by atoms with van der Waals surface area (Å²) in [6.45, 7) is 13.4. The third-order valence-corrected chi connectivity index (χ3v) is 4.43. The van der Waals surface area contributed by atoms with E-state index >= 15 is 0 Å². The van der Waals surface area contributed by atoms with Crippen LogP contribution < -0.4 is 0 Å². The molecule has 1 aliphatic heterocycles. The van der Waals surface area contributed by atoms with E-state index < -0.39 is 5.60 Å². The van der Waals surface area contributed by atoms with Crippen LogP contribution in [0.3, 0.4) is 0 Å². The fourth-order valence-electron chi connectivity index (χ4n) is 3.16. The second-order valence-electron chi connectivity index (χ2n) is 7.72. The Morgan fingerprint density at radius 1 is 1.12 bits per heavy atom. The number of amides is 1. The highest BCUT2D eigenvalue weighted by Gasteiger charge is 2.29. The quantitative estimate of drug-likeness (QED) is 0.820. The normalized spacial score (nSPS) is 17.6. The second-order valence-corrected chi connectivity index (χ2v) is 7.72. The monoisotopic (exact) mass is 332 g/mol. The van der Waals surface area contributed by atoms with Gasteiger partial charge >= 0.3 is 6.09 Å². The molecule has 0 aromatic heterocycles. The van der Waals surface area contributed by atoms with E-state index in [0.717, 1.165) is 39.0 Å². The molecule has 1 amide bonds. The zero-order valence-corrected chi connectivity index (χ0v) is 15.8. The van der Waals surface area contributed by atoms with Gasteiger partial charge in [-0.2, -0.15) is 0 Å². The molecule has 0 radical (unpaired) electrons. The molecule has 1 unspecified atom stereocenters. The SMILES string of the molecule is CCCC(c1ccc(C)cc1)N1CCN(C(=O)OC(C)(C)C)CC1. The minimum absolute atomic E-state index is 0.190. The molecule has 134 valence electrons. The van der Waals surface area contributed by atoms with Gasteiger partial charge in [-0.3, -0.25) is 4.90 Å². The minimum atomic E-state index is -0.430. The Morgan fingerprint density at radius 2 is 1.71 bits per heavy atom. The highest BCUT2D eigenvalue weighted by Crippen LogP contribution is 2.27. The topological polar surface area (TPSA) is 32.8 Å². The number of hydrogen-bond donors (Lipinski definition) is 0. The summed E-state index contributed by atoms with van der Waals surface area (Å²) in [4.78, 5) is 16.6. The van der Waals surface area contributed by atoms with Crippen molar-refractivity contribution in [3.8, 4) is 0 Å². The molecule has 0 saturated carbocycles. The Balaban J connectivity index is 1.98. The Morgan fingerprint density at radius 3 is 2.21 bits per heavy atom. The third kappa shape index (κ3) is 5.23. The number of rotatable bonds is 4. The lowest BCUT2D eigenvalue weighted by atomic mass is 9.99. The van der Waals surface area contributed by atoms with Crippen molar-refractivity contribution in [1.82, 2.24) is 9.80 Å². The first kappa shape index (κ1) is 18.8. The van der Waals surface area contributed by atoms with Gasteiger partial charge in [0.25, 0.3) is 0 Å². The van der Waals surface area contributed by atoms with Crippen LogP contribution in [0.15, 0.2) is 24.3 Å². The first-order chi connectivity index (χ1) is 11.3. The first-order valence-corrected chi connectivity index (χ1v) is 9.08. The van der Waals surface area contributed by atoms with E-state index in [-0.39, 0.29) is 6.09 Å². The van der Waals surface area contributed by atoms with E-state index in [1.807, 2.05) is 25.7 Å². The highest BCUT2D eigenvalue weighted by atomic mass is 16.6. The van der Waals surface area contributed by atoms with Crippen molar-refractivity contribution in [2.75, 3.05) is 26.2 Å². The Labute approximate surface area is 146 Å². The molecule has 1 atom stereocenters. The molecule has 1 fully saturated rings. The molecular weight excluding hydrogens is 300 g/mol. The van der Waals surface area contributed by atoms with Crippen LogP contribution in [-0.4, -0.2) is 47.7 Å². The van der Waals surface area contributed by atoms with Crippen molar-refractivity contribution < 1.29 is 9.53 Å². The molecular formula is C20H32N2O2. The number of ether oxygens (including phenoxy) is 1. The van der Waals surface area contributed by atoms with Crippen molar-refractivity contribution in [2.24, 2.45) is 0 Å². The van der Waals surface area contributed by atoms with E-state index in [2.05, 4.69) is 43.0 Å². The summed E-state index contributed by atoms with van der Waals surface area (Å²) in [6, 6.07) is 9.31. The van der Waals surface area contributed by atoms with Crippen LogP contribution in [0.25, 0.3) is 0 Å². The number of aryl methyl sites for hydroxylation is 1. The van der Waals surface area contributed by atoms with Crippen LogP contribution in [-0.2, 0) is 4.74 Å². The number of benzene rings is 1. The largest absolute Gasteiger partial charge is 0.444 e. The maximum absolute atomic E-state index is 12.2. The van der Waals surface area contributed by atoms with Gasteiger partial charge in [-0.25, -0.2) is 4.79 Å². The van der Waals surface area contributed by atoms with Gasteiger partial charge in [0, 0.05) is 32.2 Å². The summed E-state index contributed by atoms with van der Waals surface area (Å²) in [7, 11) is 0. The molecule has 1 aliphatic rings. The number of piperazine rings is 1. The Bertz CT molecular complexity index is 526. The van der Waals surface area contributed by atoms with E-state index in [1.165, 1.54) is 11.1 Å². The summed E-state index contributed by atoms with van der Waals surface area (Å²) in [5.41, 5.74) is 2.25. The molecule has 1 aromatic rings. The summed E-state index contributed by atoms with van der Waals surface area (Å²) in [5, 5.41) is 0. The molecule has 0 N–H and O–H groups in total. The molecule has 1 aromatic carbocycles. The van der Waals surface area contributed by atoms with E-state index in [9.17, 15) is 4.79 Å². The second kappa shape index (κ2) is 8.02. The molecule has 4 heteroatoms. The molecule has 24 heavy (non-hydrogen) atoms. The minimum Gasteiger partial charge on any atom is -0.444 e. The lowest BCUT2D eigenvalue weighted by Crippen LogP contribution is -2.50. The van der Waals surface area contributed by atoms with Gasteiger partial charge in [0.2, 0.25) is 0 Å². The van der Waals surface area contributed by atoms with Crippen LogP contribution in [0.4, 0.5) is 4.79 Å². The summed E-state index contributed by atoms with van der Waals surface area (Å²) in [6.07, 6.45) is 2.12. The van der Waals surface area contributed by atoms with Gasteiger partial charge < -0.3 is 9.64 Å². The van der Waals surface area contributed by atoms with Gasteiger partial charge in [-0.05, 0) is 39.7 Å². The average molecular weight is 332 g/mol. The van der Waals surface area contributed by atoms with Crippen LogP contribution >= 0.6 is 0 Å². The van der Waals surface area contributed by atoms with Crippen LogP contribution in [0.5, 0.6) is 0 Å². The molecule has 4 nitrogen and oxygen atoms in total. The molecule has 1 heterocycles. The number of nitrogens with zero attached hydrogens (tertiary/aromatic N) is 2. The zero-order valence-electron chi connectivity index (χ0n) is 15.8. The first-order valence-electron chi connectivity index (χ1n) is 9.08. The van der Waals surface area contributed by atoms with Gasteiger partial charge in [-0.1, -0.05) is 43.2 Å². The smallest absolute Gasteiger partial charge is 0.410 e. The average Bonchev–Trinajstić information content (AvgIpc) is 2.52. The predicted molar refractivity (Wildman–Crippen MR) is 98.2 cm³/mol. The Hall–Kier alpha value is -1.55. The van der Waals surface area contributed by atoms with Gasteiger partial charge in [-0.15, -0.1) is 0 Å². The number of carbonyl (C=O) groups excluding carboxylic acids is 1. The lowest BCUT2D eigenvalue weighted by molar-refractivity contribution is 0.00968. The fraction of sp³-hybridized carbons (Fsp3) is 0.650. The van der Waals surface area contributed by atoms with Crippen molar-refractivity contribution >= 4 is 6.09 Å². The van der Waals surface area contributed by atoms with Crippen LogP contribution in [0.2, 0.25) is 0 Å². The standard InChI is InChI=1S/C20H32N2O2/c1-6-7-18(17-10-8-16(2)9-11-17)21-12-14-22(15-13-21)19(23)24-20(3,4)5/h8-11,18H,6-7,12-15H2,1-5H3. The molecule has 1 saturated heterocycles. The highest BCUT2D eigenvalue weighted by molar-refractivity contribution is 5.68. The van der Waals surface area contributed by atoms with Crippen LogP contribution in [0, 0.1) is 6.92 Å². The number of carbonyl (C=O) groups is 1. The predicted octanol–water partition coefficient (Wildman–Crippen LogP) is 4.39. The summed E-state index contributed by atoms with van der Waals surface area (Å²) < 4.78 is 5.49. The molecule has 0 aliphatic carbocycles. The summed E-state index contributed by atoms with van der Waals surface area (Å²) in [5.74, 6) is 0. The Kier molecular flexibility index (Phi) is 6.27. The van der Waals surface area contributed by atoms with Crippen LogP contribution in [0.1, 0.15) is 57.7 Å². The fourth-order valence-corrected chi connectivity index (χ4v) is 3.16. The van der Waals surface area contributed by atoms with E-state index in [0.29, 0.717) is 6.04 Å². The van der Waals surface area contributed by atoms with Crippen molar-refractivity contribution in [2.45, 2.75) is 59.1 Å². The lowest BCUT2D eigenvalue weighted by Gasteiger charge is -2.39. The van der Waals surface area contributed by atoms with E-state index in [4.69, 9.17) is 4.74 Å². The molecule has 2 rings (SSSR count). The van der Waals surface area contributed by atoms with Gasteiger partial charge in [0.15, 0.2) is 0 Å².